The van der Waals surface area contributed by atoms with Gasteiger partial charge in [-0.1, -0.05) is 23.7 Å². The van der Waals surface area contributed by atoms with Gasteiger partial charge in [-0.25, -0.2) is 8.42 Å². The number of hydrogen-bond acceptors (Lipinski definition) is 3. The Bertz CT molecular complexity index is 1020. The van der Waals surface area contributed by atoms with E-state index in [1.165, 1.54) is 12.1 Å². The molecule has 0 atom stereocenters. The molecule has 3 aromatic rings. The average Bonchev–Trinajstić information content (AvgIpc) is 3.07. The van der Waals surface area contributed by atoms with Crippen LogP contribution in [0.4, 0.5) is 13.2 Å². The van der Waals surface area contributed by atoms with Gasteiger partial charge >= 0.3 is 6.18 Å². The van der Waals surface area contributed by atoms with Gasteiger partial charge in [0, 0.05) is 12.4 Å². The van der Waals surface area contributed by atoms with E-state index in [0.717, 1.165) is 11.6 Å². The van der Waals surface area contributed by atoms with Gasteiger partial charge in [-0.15, -0.1) is 0 Å². The summed E-state index contributed by atoms with van der Waals surface area (Å²) in [6.45, 7) is 0.467. The van der Waals surface area contributed by atoms with Gasteiger partial charge in [-0.05, 0) is 42.0 Å². The Hall–Kier alpha value is -2.32. The number of nitrogens with zero attached hydrogens (tertiary/aromatic N) is 2. The van der Waals surface area contributed by atoms with Crippen molar-refractivity contribution in [1.29, 1.82) is 0 Å². The summed E-state index contributed by atoms with van der Waals surface area (Å²) in [4.78, 5) is -0.421. The molecule has 0 bridgehead atoms. The third-order valence-corrected chi connectivity index (χ3v) is 5.94. The van der Waals surface area contributed by atoms with Crippen LogP contribution in [0.3, 0.4) is 0 Å². The summed E-state index contributed by atoms with van der Waals surface area (Å²) < 4.78 is 65.1. The summed E-state index contributed by atoms with van der Waals surface area (Å²) in [7, 11) is -4.03. The van der Waals surface area contributed by atoms with Crippen molar-refractivity contribution in [2.24, 2.45) is 0 Å². The zero-order valence-electron chi connectivity index (χ0n) is 13.1. The van der Waals surface area contributed by atoms with Gasteiger partial charge in [0.05, 0.1) is 26.9 Å². The number of rotatable bonds is 4. The summed E-state index contributed by atoms with van der Waals surface area (Å²) in [6, 6.07) is 9.97. The molecule has 9 heteroatoms. The van der Waals surface area contributed by atoms with E-state index < -0.39 is 26.6 Å². The molecule has 0 spiro atoms. The van der Waals surface area contributed by atoms with Crippen LogP contribution < -0.4 is 0 Å². The maximum atomic E-state index is 12.7. The van der Waals surface area contributed by atoms with E-state index >= 15 is 0 Å². The molecule has 3 rings (SSSR count). The summed E-state index contributed by atoms with van der Waals surface area (Å²) in [5, 5.41) is 3.59. The standard InChI is InChI=1S/C17H12ClF3N2O2S/c18-15-10-13(17(19,20)21)4-7-16(15)26(24,25)14-5-2-12(3-6-14)11-23-9-1-8-22-23/h1-10H,11H2. The Balaban J connectivity index is 1.90. The van der Waals surface area contributed by atoms with E-state index in [2.05, 4.69) is 5.10 Å². The molecular weight excluding hydrogens is 389 g/mol. The van der Waals surface area contributed by atoms with Crippen LogP contribution in [0.1, 0.15) is 11.1 Å². The molecule has 0 N–H and O–H groups in total. The third-order valence-electron chi connectivity index (χ3n) is 3.69. The third kappa shape index (κ3) is 3.76. The lowest BCUT2D eigenvalue weighted by molar-refractivity contribution is -0.137. The Morgan fingerprint density at radius 3 is 2.31 bits per heavy atom. The minimum atomic E-state index is -4.60. The minimum absolute atomic E-state index is 0.0524. The zero-order chi connectivity index (χ0) is 18.9. The van der Waals surface area contributed by atoms with E-state index in [9.17, 15) is 21.6 Å². The van der Waals surface area contributed by atoms with E-state index in [0.29, 0.717) is 18.7 Å². The van der Waals surface area contributed by atoms with Crippen molar-refractivity contribution in [2.45, 2.75) is 22.5 Å². The van der Waals surface area contributed by atoms with Crippen LogP contribution in [0, 0.1) is 0 Å². The Morgan fingerprint density at radius 2 is 1.77 bits per heavy atom. The van der Waals surface area contributed by atoms with Crippen LogP contribution in [-0.2, 0) is 22.6 Å². The van der Waals surface area contributed by atoms with Crippen LogP contribution in [0.5, 0.6) is 0 Å². The molecule has 1 aromatic heterocycles. The van der Waals surface area contributed by atoms with Crippen molar-refractivity contribution in [2.75, 3.05) is 0 Å². The van der Waals surface area contributed by atoms with Crippen LogP contribution >= 0.6 is 11.6 Å². The van der Waals surface area contributed by atoms with Crippen molar-refractivity contribution in [3.8, 4) is 0 Å². The van der Waals surface area contributed by atoms with Crippen molar-refractivity contribution < 1.29 is 21.6 Å². The molecule has 0 saturated carbocycles. The molecular formula is C17H12ClF3N2O2S. The van der Waals surface area contributed by atoms with E-state index in [1.807, 2.05) is 0 Å². The molecule has 0 amide bonds. The monoisotopic (exact) mass is 400 g/mol. The van der Waals surface area contributed by atoms with E-state index in [-0.39, 0.29) is 9.79 Å². The number of sulfone groups is 1. The number of halogens is 4. The molecule has 0 aliphatic heterocycles. The SMILES string of the molecule is O=S(=O)(c1ccc(Cn2cccn2)cc1)c1ccc(C(F)(F)F)cc1Cl. The average molecular weight is 401 g/mol. The summed E-state index contributed by atoms with van der Waals surface area (Å²) in [5.41, 5.74) is -0.179. The molecule has 0 radical (unpaired) electrons. The fourth-order valence-electron chi connectivity index (χ4n) is 2.38. The molecule has 0 saturated heterocycles. The molecule has 0 aliphatic rings. The van der Waals surface area contributed by atoms with Crippen molar-refractivity contribution in [3.63, 3.8) is 0 Å². The Morgan fingerprint density at radius 1 is 1.08 bits per heavy atom. The molecule has 136 valence electrons. The van der Waals surface area contributed by atoms with Crippen LogP contribution in [0.2, 0.25) is 5.02 Å². The topological polar surface area (TPSA) is 52.0 Å². The van der Waals surface area contributed by atoms with E-state index in [1.54, 1.807) is 35.3 Å². The van der Waals surface area contributed by atoms with Gasteiger partial charge in [0.15, 0.2) is 0 Å². The first-order valence-electron chi connectivity index (χ1n) is 7.36. The normalized spacial score (nSPS) is 12.3. The molecule has 0 aliphatic carbocycles. The second kappa shape index (κ2) is 6.77. The van der Waals surface area contributed by atoms with Gasteiger partial charge in [-0.3, -0.25) is 4.68 Å². The zero-order valence-corrected chi connectivity index (χ0v) is 14.7. The number of alkyl halides is 3. The van der Waals surface area contributed by atoms with Crippen LogP contribution in [-0.4, -0.2) is 18.2 Å². The largest absolute Gasteiger partial charge is 0.416 e. The lowest BCUT2D eigenvalue weighted by Gasteiger charge is -2.11. The maximum Gasteiger partial charge on any atom is 0.416 e. The summed E-state index contributed by atoms with van der Waals surface area (Å²) in [5.74, 6) is 0. The lowest BCUT2D eigenvalue weighted by atomic mass is 10.2. The highest BCUT2D eigenvalue weighted by molar-refractivity contribution is 7.91. The summed E-state index contributed by atoms with van der Waals surface area (Å²) in [6.07, 6.45) is -1.20. The maximum absolute atomic E-state index is 12.7. The first-order valence-corrected chi connectivity index (χ1v) is 9.22. The lowest BCUT2D eigenvalue weighted by Crippen LogP contribution is -2.08. The second-order valence-electron chi connectivity index (χ2n) is 5.49. The number of benzene rings is 2. The van der Waals surface area contributed by atoms with Gasteiger partial charge in [0.1, 0.15) is 0 Å². The van der Waals surface area contributed by atoms with Crippen molar-refractivity contribution in [3.05, 3.63) is 77.1 Å². The molecule has 2 aromatic carbocycles. The van der Waals surface area contributed by atoms with Gasteiger partial charge < -0.3 is 0 Å². The van der Waals surface area contributed by atoms with Crippen molar-refractivity contribution >= 4 is 21.4 Å². The highest BCUT2D eigenvalue weighted by Crippen LogP contribution is 2.35. The predicted octanol–water partition coefficient (Wildman–Crippen LogP) is 4.44. The van der Waals surface area contributed by atoms with E-state index in [4.69, 9.17) is 11.6 Å². The summed E-state index contributed by atoms with van der Waals surface area (Å²) >= 11 is 5.81. The first kappa shape index (κ1) is 18.5. The highest BCUT2D eigenvalue weighted by Gasteiger charge is 2.32. The van der Waals surface area contributed by atoms with Crippen LogP contribution in [0.15, 0.2) is 70.7 Å². The van der Waals surface area contributed by atoms with Gasteiger partial charge in [0.2, 0.25) is 9.84 Å². The molecule has 0 fully saturated rings. The van der Waals surface area contributed by atoms with Gasteiger partial charge in [0.25, 0.3) is 0 Å². The number of aromatic nitrogens is 2. The molecule has 0 unspecified atom stereocenters. The Kier molecular flexibility index (Phi) is 4.81. The van der Waals surface area contributed by atoms with Crippen LogP contribution in [0.25, 0.3) is 0 Å². The molecule has 4 nitrogen and oxygen atoms in total. The number of hydrogen-bond donors (Lipinski definition) is 0. The Labute approximate surface area is 152 Å². The fraction of sp³-hybridized carbons (Fsp3) is 0.118. The predicted molar refractivity (Wildman–Crippen MR) is 89.7 cm³/mol. The molecule has 26 heavy (non-hydrogen) atoms. The molecule has 1 heterocycles. The second-order valence-corrected chi connectivity index (χ2v) is 7.82. The minimum Gasteiger partial charge on any atom is -0.268 e. The first-order chi connectivity index (χ1) is 12.2. The fourth-order valence-corrected chi connectivity index (χ4v) is 4.17. The smallest absolute Gasteiger partial charge is 0.268 e. The highest BCUT2D eigenvalue weighted by atomic mass is 35.5. The van der Waals surface area contributed by atoms with Crippen molar-refractivity contribution in [1.82, 2.24) is 9.78 Å². The van der Waals surface area contributed by atoms with Gasteiger partial charge in [-0.2, -0.15) is 18.3 Å². The quantitative estimate of drug-likeness (QED) is 0.650.